The van der Waals surface area contributed by atoms with E-state index in [2.05, 4.69) is 4.74 Å². The van der Waals surface area contributed by atoms with Gasteiger partial charge in [-0.2, -0.15) is 0 Å². The molecule has 0 saturated carbocycles. The number of hydrogen-bond acceptors (Lipinski definition) is 5. The van der Waals surface area contributed by atoms with Crippen LogP contribution in [0.15, 0.2) is 0 Å². The van der Waals surface area contributed by atoms with Crippen molar-refractivity contribution in [1.82, 2.24) is 0 Å². The lowest BCUT2D eigenvalue weighted by Gasteiger charge is -2.02. The Morgan fingerprint density at radius 2 is 1.71 bits per heavy atom. The molecule has 0 spiro atoms. The van der Waals surface area contributed by atoms with Crippen molar-refractivity contribution in [2.24, 2.45) is 0 Å². The van der Waals surface area contributed by atoms with E-state index in [1.54, 1.807) is 0 Å². The van der Waals surface area contributed by atoms with Crippen molar-refractivity contribution >= 4 is 21.6 Å². The monoisotopic (exact) mass is 222 g/mol. The molecule has 0 rings (SSSR count). The molecule has 0 aromatic heterocycles. The van der Waals surface area contributed by atoms with Crippen molar-refractivity contribution in [2.75, 3.05) is 18.1 Å². The van der Waals surface area contributed by atoms with Crippen LogP contribution in [0.5, 0.6) is 0 Å². The fraction of sp³-hybridized carbons (Fsp3) is 0.750. The minimum absolute atomic E-state index is 0.0163. The first kappa shape index (κ1) is 13.1. The highest BCUT2D eigenvalue weighted by Gasteiger charge is 2.12. The first-order chi connectivity index (χ1) is 6.33. The summed E-state index contributed by atoms with van der Waals surface area (Å²) in [4.78, 5) is 20.8. The molecule has 82 valence electrons. The predicted octanol–water partition coefficient (Wildman–Crippen LogP) is -0.0566. The summed E-state index contributed by atoms with van der Waals surface area (Å²) < 4.78 is 26.8. The maximum atomic E-state index is 11.2. The molecule has 0 heterocycles. The highest BCUT2D eigenvalue weighted by atomic mass is 32.2. The lowest BCUT2D eigenvalue weighted by Crippen LogP contribution is -2.18. The first-order valence-corrected chi connectivity index (χ1v) is 5.99. The van der Waals surface area contributed by atoms with Crippen LogP contribution in [-0.4, -0.2) is 38.3 Å². The van der Waals surface area contributed by atoms with Crippen molar-refractivity contribution in [3.05, 3.63) is 0 Å². The zero-order chi connectivity index (χ0) is 11.2. The van der Waals surface area contributed by atoms with E-state index in [0.717, 1.165) is 0 Å². The Hall–Kier alpha value is -0.910. The average molecular weight is 222 g/mol. The molecule has 5 nitrogen and oxygen atoms in total. The molecule has 0 atom stereocenters. The maximum absolute atomic E-state index is 11.2. The molecule has 0 aromatic carbocycles. The molecular weight excluding hydrogens is 208 g/mol. The van der Waals surface area contributed by atoms with Crippen molar-refractivity contribution in [3.8, 4) is 0 Å². The maximum Gasteiger partial charge on any atom is 0.302 e. The Kier molecular flexibility index (Phi) is 5.37. The third kappa shape index (κ3) is 7.72. The van der Waals surface area contributed by atoms with Gasteiger partial charge < -0.3 is 4.74 Å². The van der Waals surface area contributed by atoms with E-state index in [9.17, 15) is 18.0 Å². The highest BCUT2D eigenvalue weighted by Crippen LogP contribution is 1.95. The van der Waals surface area contributed by atoms with Gasteiger partial charge in [0, 0.05) is 13.3 Å². The van der Waals surface area contributed by atoms with Gasteiger partial charge in [-0.3, -0.25) is 9.59 Å². The van der Waals surface area contributed by atoms with Crippen LogP contribution in [0.3, 0.4) is 0 Å². The second kappa shape index (κ2) is 5.74. The average Bonchev–Trinajstić information content (AvgIpc) is 2.00. The van der Waals surface area contributed by atoms with Crippen LogP contribution >= 0.6 is 0 Å². The van der Waals surface area contributed by atoms with E-state index < -0.39 is 15.8 Å². The SMILES string of the molecule is CC(=O)CCS(=O)(=O)CCOC(C)=O. The standard InChI is InChI=1S/C8H14O5S/c1-7(9)3-5-14(11,12)6-4-13-8(2)10/h3-6H2,1-2H3. The van der Waals surface area contributed by atoms with Crippen molar-refractivity contribution in [1.29, 1.82) is 0 Å². The zero-order valence-corrected chi connectivity index (χ0v) is 9.09. The fourth-order valence-corrected chi connectivity index (χ4v) is 1.85. The minimum Gasteiger partial charge on any atom is -0.465 e. The van der Waals surface area contributed by atoms with Crippen LogP contribution in [0, 0.1) is 0 Å². The van der Waals surface area contributed by atoms with Crippen molar-refractivity contribution in [3.63, 3.8) is 0 Å². The van der Waals surface area contributed by atoms with Gasteiger partial charge in [-0.15, -0.1) is 0 Å². The van der Waals surface area contributed by atoms with Crippen molar-refractivity contribution in [2.45, 2.75) is 20.3 Å². The molecule has 0 aliphatic carbocycles. The summed E-state index contributed by atoms with van der Waals surface area (Å²) in [6, 6.07) is 0. The molecular formula is C8H14O5S. The van der Waals surface area contributed by atoms with Crippen LogP contribution in [0.2, 0.25) is 0 Å². The quantitative estimate of drug-likeness (QED) is 0.588. The van der Waals surface area contributed by atoms with Crippen LogP contribution in [0.4, 0.5) is 0 Å². The van der Waals surface area contributed by atoms with Gasteiger partial charge in [0.25, 0.3) is 0 Å². The summed E-state index contributed by atoms with van der Waals surface area (Å²) in [5, 5.41) is 0. The van der Waals surface area contributed by atoms with Gasteiger partial charge in [-0.25, -0.2) is 8.42 Å². The van der Waals surface area contributed by atoms with E-state index in [4.69, 9.17) is 0 Å². The number of carbonyl (C=O) groups excluding carboxylic acids is 2. The topological polar surface area (TPSA) is 77.5 Å². The normalized spacial score (nSPS) is 11.0. The largest absolute Gasteiger partial charge is 0.465 e. The van der Waals surface area contributed by atoms with Gasteiger partial charge in [-0.05, 0) is 6.92 Å². The number of esters is 1. The summed E-state index contributed by atoms with van der Waals surface area (Å²) in [7, 11) is -3.27. The van der Waals surface area contributed by atoms with Gasteiger partial charge in [0.15, 0.2) is 9.84 Å². The second-order valence-electron chi connectivity index (χ2n) is 2.94. The molecule has 0 saturated heterocycles. The van der Waals surface area contributed by atoms with E-state index in [-0.39, 0.29) is 30.3 Å². The van der Waals surface area contributed by atoms with E-state index in [1.165, 1.54) is 13.8 Å². The number of ketones is 1. The predicted molar refractivity (Wildman–Crippen MR) is 50.6 cm³/mol. The molecule has 0 N–H and O–H groups in total. The lowest BCUT2D eigenvalue weighted by molar-refractivity contribution is -0.140. The smallest absolute Gasteiger partial charge is 0.302 e. The third-order valence-electron chi connectivity index (χ3n) is 1.46. The Morgan fingerprint density at radius 3 is 2.14 bits per heavy atom. The fourth-order valence-electron chi connectivity index (χ4n) is 0.714. The number of hydrogen-bond donors (Lipinski definition) is 0. The Bertz CT molecular complexity index is 304. The van der Waals surface area contributed by atoms with Crippen LogP contribution in [0.1, 0.15) is 20.3 Å². The third-order valence-corrected chi connectivity index (χ3v) is 3.08. The highest BCUT2D eigenvalue weighted by molar-refractivity contribution is 7.91. The molecule has 0 radical (unpaired) electrons. The second-order valence-corrected chi connectivity index (χ2v) is 5.25. The molecule has 0 aliphatic heterocycles. The minimum atomic E-state index is -3.27. The summed E-state index contributed by atoms with van der Waals surface area (Å²) >= 11 is 0. The lowest BCUT2D eigenvalue weighted by atomic mass is 10.4. The number of sulfone groups is 1. The zero-order valence-electron chi connectivity index (χ0n) is 8.28. The van der Waals surface area contributed by atoms with Crippen LogP contribution in [-0.2, 0) is 24.2 Å². The van der Waals surface area contributed by atoms with E-state index in [0.29, 0.717) is 0 Å². The molecule has 0 unspecified atom stereocenters. The van der Waals surface area contributed by atoms with E-state index in [1.807, 2.05) is 0 Å². The Balaban J connectivity index is 3.84. The number of carbonyl (C=O) groups is 2. The van der Waals surface area contributed by atoms with Gasteiger partial charge >= 0.3 is 5.97 Å². The molecule has 6 heteroatoms. The van der Waals surface area contributed by atoms with E-state index >= 15 is 0 Å². The first-order valence-electron chi connectivity index (χ1n) is 4.17. The van der Waals surface area contributed by atoms with Crippen molar-refractivity contribution < 1.29 is 22.7 Å². The van der Waals surface area contributed by atoms with Gasteiger partial charge in [0.1, 0.15) is 12.4 Å². The Morgan fingerprint density at radius 1 is 1.14 bits per heavy atom. The summed E-state index contributed by atoms with van der Waals surface area (Å²) in [6.45, 7) is 2.40. The number of ether oxygens (including phenoxy) is 1. The molecule has 0 amide bonds. The number of Topliss-reactive ketones (excluding diaryl/α,β-unsaturated/α-hetero) is 1. The van der Waals surface area contributed by atoms with Crippen LogP contribution < -0.4 is 0 Å². The Labute approximate surface area is 83.4 Å². The van der Waals surface area contributed by atoms with Gasteiger partial charge in [0.2, 0.25) is 0 Å². The summed E-state index contributed by atoms with van der Waals surface area (Å²) in [5.74, 6) is -1.07. The summed E-state index contributed by atoms with van der Waals surface area (Å²) in [5.41, 5.74) is 0. The molecule has 14 heavy (non-hydrogen) atoms. The molecule has 0 fully saturated rings. The molecule has 0 aliphatic rings. The molecule has 0 bridgehead atoms. The van der Waals surface area contributed by atoms with Gasteiger partial charge in [-0.1, -0.05) is 0 Å². The van der Waals surface area contributed by atoms with Crippen LogP contribution in [0.25, 0.3) is 0 Å². The van der Waals surface area contributed by atoms with Gasteiger partial charge in [0.05, 0.1) is 11.5 Å². The number of rotatable bonds is 6. The summed E-state index contributed by atoms with van der Waals surface area (Å²) in [6.07, 6.45) is 0.0163. The molecule has 0 aromatic rings.